The maximum atomic E-state index is 14.2. The quantitative estimate of drug-likeness (QED) is 0.908. The predicted molar refractivity (Wildman–Crippen MR) is 89.7 cm³/mol. The molecule has 0 saturated carbocycles. The van der Waals surface area contributed by atoms with E-state index in [9.17, 15) is 14.0 Å². The maximum absolute atomic E-state index is 14.2. The Balaban J connectivity index is 1.83. The molecule has 6 nitrogen and oxygen atoms in total. The number of carbonyl (C=O) groups excluding carboxylic acids is 2. The zero-order chi connectivity index (χ0) is 17.4. The van der Waals surface area contributed by atoms with Gasteiger partial charge in [-0.1, -0.05) is 6.92 Å². The number of nitrogens with zero attached hydrogens (tertiary/aromatic N) is 3. The normalized spacial score (nSPS) is 24.0. The Kier molecular flexibility index (Phi) is 4.45. The summed E-state index contributed by atoms with van der Waals surface area (Å²) in [4.78, 5) is 29.9. The second-order valence-electron chi connectivity index (χ2n) is 6.77. The van der Waals surface area contributed by atoms with Gasteiger partial charge in [-0.2, -0.15) is 0 Å². The molecule has 2 aliphatic heterocycles. The van der Waals surface area contributed by atoms with E-state index in [1.165, 1.54) is 23.1 Å². The first-order chi connectivity index (χ1) is 11.4. The van der Waals surface area contributed by atoms with E-state index in [0.29, 0.717) is 37.8 Å². The summed E-state index contributed by atoms with van der Waals surface area (Å²) < 4.78 is 14.2. The summed E-state index contributed by atoms with van der Waals surface area (Å²) >= 11 is 0. The molecular weight excluding hydrogens is 311 g/mol. The number of hydrogen-bond acceptors (Lipinski definition) is 3. The molecule has 1 aromatic rings. The van der Waals surface area contributed by atoms with E-state index in [2.05, 4.69) is 17.1 Å². The molecule has 0 bridgehead atoms. The van der Waals surface area contributed by atoms with Gasteiger partial charge >= 0.3 is 6.03 Å². The molecule has 2 fully saturated rings. The van der Waals surface area contributed by atoms with E-state index >= 15 is 0 Å². The molecule has 0 unspecified atom stereocenters. The van der Waals surface area contributed by atoms with Crippen LogP contribution in [0.4, 0.5) is 14.9 Å². The largest absolute Gasteiger partial charge is 0.337 e. The highest BCUT2D eigenvalue weighted by Crippen LogP contribution is 2.25. The molecule has 0 aromatic heterocycles. The predicted octanol–water partition coefficient (Wildman–Crippen LogP) is 1.38. The smallest absolute Gasteiger partial charge is 0.321 e. The first kappa shape index (κ1) is 16.7. The van der Waals surface area contributed by atoms with Gasteiger partial charge in [0.1, 0.15) is 5.82 Å². The van der Waals surface area contributed by atoms with Crippen molar-refractivity contribution in [2.24, 2.45) is 5.92 Å². The number of anilines is 1. The summed E-state index contributed by atoms with van der Waals surface area (Å²) in [6, 6.07) is 4.33. The van der Waals surface area contributed by atoms with Crippen LogP contribution in [0.2, 0.25) is 0 Å². The van der Waals surface area contributed by atoms with Crippen LogP contribution in [0.3, 0.4) is 0 Å². The molecule has 0 aliphatic carbocycles. The average molecular weight is 334 g/mol. The van der Waals surface area contributed by atoms with E-state index in [1.54, 1.807) is 4.90 Å². The molecule has 0 spiro atoms. The molecule has 1 aromatic carbocycles. The van der Waals surface area contributed by atoms with Gasteiger partial charge in [0.25, 0.3) is 5.91 Å². The average Bonchev–Trinajstić information content (AvgIpc) is 3.13. The summed E-state index contributed by atoms with van der Waals surface area (Å²) in [6.07, 6.45) is 0. The van der Waals surface area contributed by atoms with Gasteiger partial charge in [0.15, 0.2) is 0 Å². The summed E-state index contributed by atoms with van der Waals surface area (Å²) in [5, 5.41) is 2.70. The number of carbonyl (C=O) groups is 2. The van der Waals surface area contributed by atoms with E-state index in [0.717, 1.165) is 0 Å². The van der Waals surface area contributed by atoms with Crippen molar-refractivity contribution in [1.82, 2.24) is 15.1 Å². The molecule has 3 amide bonds. The van der Waals surface area contributed by atoms with Crippen LogP contribution in [0.25, 0.3) is 0 Å². The number of nitrogens with one attached hydrogen (secondary N) is 1. The minimum atomic E-state index is -0.552. The van der Waals surface area contributed by atoms with Crippen LogP contribution in [0, 0.1) is 11.7 Å². The summed E-state index contributed by atoms with van der Waals surface area (Å²) in [7, 11) is 3.98. The van der Waals surface area contributed by atoms with Crippen molar-refractivity contribution in [3.8, 4) is 0 Å². The number of amides is 3. The number of likely N-dealkylation sites (N-methyl/N-ethyl adjacent to an activating group) is 1. The Labute approximate surface area is 141 Å². The second kappa shape index (κ2) is 6.39. The summed E-state index contributed by atoms with van der Waals surface area (Å²) in [6.45, 7) is 4.35. The molecule has 2 atom stereocenters. The highest BCUT2D eigenvalue weighted by Gasteiger charge is 2.35. The van der Waals surface area contributed by atoms with Gasteiger partial charge in [0.05, 0.1) is 5.56 Å². The van der Waals surface area contributed by atoms with Crippen molar-refractivity contribution in [2.75, 3.05) is 45.2 Å². The number of halogens is 1. The van der Waals surface area contributed by atoms with Crippen molar-refractivity contribution in [2.45, 2.75) is 13.0 Å². The lowest BCUT2D eigenvalue weighted by molar-refractivity contribution is 0.0776. The lowest BCUT2D eigenvalue weighted by atomic mass is 10.1. The molecule has 2 aliphatic rings. The van der Waals surface area contributed by atoms with Gasteiger partial charge in [0, 0.05) is 37.9 Å². The Hall–Kier alpha value is -2.15. The van der Waals surface area contributed by atoms with Crippen molar-refractivity contribution >= 4 is 17.6 Å². The summed E-state index contributed by atoms with van der Waals surface area (Å²) in [5.41, 5.74) is 0.574. The van der Waals surface area contributed by atoms with Crippen LogP contribution >= 0.6 is 0 Å². The van der Waals surface area contributed by atoms with Crippen LogP contribution in [-0.2, 0) is 0 Å². The Morgan fingerprint density at radius 2 is 2.08 bits per heavy atom. The van der Waals surface area contributed by atoms with Gasteiger partial charge < -0.3 is 15.1 Å². The van der Waals surface area contributed by atoms with Gasteiger partial charge in [0.2, 0.25) is 0 Å². The van der Waals surface area contributed by atoms with Gasteiger partial charge in [-0.15, -0.1) is 0 Å². The fourth-order valence-corrected chi connectivity index (χ4v) is 3.52. The third-order valence-corrected chi connectivity index (χ3v) is 4.87. The third-order valence-electron chi connectivity index (χ3n) is 4.87. The van der Waals surface area contributed by atoms with Crippen LogP contribution in [0.1, 0.15) is 17.3 Å². The number of benzene rings is 1. The van der Waals surface area contributed by atoms with E-state index in [4.69, 9.17) is 0 Å². The molecule has 2 saturated heterocycles. The van der Waals surface area contributed by atoms with Gasteiger partial charge in [-0.3, -0.25) is 9.69 Å². The highest BCUT2D eigenvalue weighted by atomic mass is 19.1. The lowest BCUT2D eigenvalue weighted by Crippen LogP contribution is -2.36. The number of rotatable bonds is 3. The number of hydrogen-bond donors (Lipinski definition) is 1. The maximum Gasteiger partial charge on any atom is 0.321 e. The minimum absolute atomic E-state index is 0.0267. The first-order valence-corrected chi connectivity index (χ1v) is 8.19. The Bertz CT molecular complexity index is 664. The van der Waals surface area contributed by atoms with E-state index in [-0.39, 0.29) is 23.5 Å². The Morgan fingerprint density at radius 3 is 2.67 bits per heavy atom. The van der Waals surface area contributed by atoms with Gasteiger partial charge in [-0.05, 0) is 38.2 Å². The summed E-state index contributed by atoms with van der Waals surface area (Å²) in [5.74, 6) is -0.533. The van der Waals surface area contributed by atoms with Crippen molar-refractivity contribution in [3.63, 3.8) is 0 Å². The van der Waals surface area contributed by atoms with E-state index in [1.807, 2.05) is 14.1 Å². The fourth-order valence-electron chi connectivity index (χ4n) is 3.52. The lowest BCUT2D eigenvalue weighted by Gasteiger charge is -2.22. The molecule has 1 N–H and O–H groups in total. The fraction of sp³-hybridized carbons (Fsp3) is 0.529. The van der Waals surface area contributed by atoms with Crippen molar-refractivity contribution in [3.05, 3.63) is 29.6 Å². The minimum Gasteiger partial charge on any atom is -0.337 e. The van der Waals surface area contributed by atoms with Crippen LogP contribution < -0.4 is 10.2 Å². The van der Waals surface area contributed by atoms with Gasteiger partial charge in [-0.25, -0.2) is 9.18 Å². The Morgan fingerprint density at radius 1 is 1.33 bits per heavy atom. The zero-order valence-electron chi connectivity index (χ0n) is 14.3. The zero-order valence-corrected chi connectivity index (χ0v) is 14.3. The van der Waals surface area contributed by atoms with Crippen molar-refractivity contribution in [1.29, 1.82) is 0 Å². The standard InChI is InChI=1S/C17H23FN4O2/c1-11-9-21(10-15(11)20(2)3)16(23)13-8-12(4-5-14(13)18)22-7-6-19-17(22)24/h4-5,8,11,15H,6-7,9-10H2,1-3H3,(H,19,24)/t11-,15-/m1/s1. The van der Waals surface area contributed by atoms with E-state index < -0.39 is 5.82 Å². The molecule has 7 heteroatoms. The third kappa shape index (κ3) is 2.96. The molecule has 2 heterocycles. The first-order valence-electron chi connectivity index (χ1n) is 8.19. The number of likely N-dealkylation sites (tertiary alicyclic amines) is 1. The van der Waals surface area contributed by atoms with Crippen molar-refractivity contribution < 1.29 is 14.0 Å². The van der Waals surface area contributed by atoms with Crippen LogP contribution in [-0.4, -0.2) is 68.1 Å². The second-order valence-corrected chi connectivity index (χ2v) is 6.77. The van der Waals surface area contributed by atoms with Crippen LogP contribution in [0.15, 0.2) is 18.2 Å². The number of urea groups is 1. The SMILES string of the molecule is C[C@@H]1CN(C(=O)c2cc(N3CCNC3=O)ccc2F)C[C@H]1N(C)C. The topological polar surface area (TPSA) is 55.9 Å². The molecule has 130 valence electrons. The molecule has 24 heavy (non-hydrogen) atoms. The molecular formula is C17H23FN4O2. The highest BCUT2D eigenvalue weighted by molar-refractivity contribution is 5.98. The van der Waals surface area contributed by atoms with Crippen LogP contribution in [0.5, 0.6) is 0 Å². The molecule has 0 radical (unpaired) electrons. The monoisotopic (exact) mass is 334 g/mol. The molecule has 3 rings (SSSR count).